The zero-order valence-corrected chi connectivity index (χ0v) is 13.3. The van der Waals surface area contributed by atoms with Gasteiger partial charge < -0.3 is 5.32 Å². The Labute approximate surface area is 126 Å². The Morgan fingerprint density at radius 1 is 1.32 bits per heavy atom. The molecule has 1 nitrogen and oxygen atoms in total. The van der Waals surface area contributed by atoms with E-state index in [4.69, 9.17) is 11.6 Å². The van der Waals surface area contributed by atoms with E-state index in [0.717, 1.165) is 28.6 Å². The predicted molar refractivity (Wildman–Crippen MR) is 87.1 cm³/mol. The Balaban J connectivity index is 1.78. The third kappa shape index (κ3) is 5.02. The molecule has 1 aliphatic rings. The van der Waals surface area contributed by atoms with Crippen molar-refractivity contribution >= 4 is 23.4 Å². The van der Waals surface area contributed by atoms with Gasteiger partial charge in [-0.15, -0.1) is 0 Å². The summed E-state index contributed by atoms with van der Waals surface area (Å²) in [7, 11) is 0. The van der Waals surface area contributed by atoms with Crippen LogP contribution in [0, 0.1) is 0 Å². The highest BCUT2D eigenvalue weighted by Gasteiger charge is 2.21. The van der Waals surface area contributed by atoms with Gasteiger partial charge in [-0.05, 0) is 43.9 Å². The molecule has 1 aromatic carbocycles. The van der Waals surface area contributed by atoms with E-state index in [1.807, 2.05) is 12.1 Å². The summed E-state index contributed by atoms with van der Waals surface area (Å²) in [5.41, 5.74) is 1.28. The molecule has 19 heavy (non-hydrogen) atoms. The first-order valence-corrected chi connectivity index (χ1v) is 8.80. The van der Waals surface area contributed by atoms with Crippen molar-refractivity contribution in [3.63, 3.8) is 0 Å². The van der Waals surface area contributed by atoms with Crippen LogP contribution >= 0.6 is 23.4 Å². The molecule has 106 valence electrons. The van der Waals surface area contributed by atoms with Crippen molar-refractivity contribution in [2.75, 3.05) is 6.54 Å². The number of halogens is 1. The van der Waals surface area contributed by atoms with Crippen LogP contribution in [0.4, 0.5) is 0 Å². The quantitative estimate of drug-likeness (QED) is 0.803. The maximum atomic E-state index is 6.21. The van der Waals surface area contributed by atoms with E-state index in [9.17, 15) is 0 Å². The second-order valence-corrected chi connectivity index (χ2v) is 7.04. The fourth-order valence-electron chi connectivity index (χ4n) is 2.65. The molecule has 2 atom stereocenters. The van der Waals surface area contributed by atoms with E-state index in [1.165, 1.54) is 37.7 Å². The van der Waals surface area contributed by atoms with Crippen LogP contribution in [0.2, 0.25) is 5.02 Å². The van der Waals surface area contributed by atoms with Gasteiger partial charge >= 0.3 is 0 Å². The Morgan fingerprint density at radius 2 is 2.16 bits per heavy atom. The molecule has 2 rings (SSSR count). The first-order chi connectivity index (χ1) is 9.29. The van der Waals surface area contributed by atoms with E-state index in [0.29, 0.717) is 0 Å². The van der Waals surface area contributed by atoms with Gasteiger partial charge in [0.1, 0.15) is 0 Å². The number of thioether (sulfide) groups is 1. The summed E-state index contributed by atoms with van der Waals surface area (Å²) >= 11 is 8.29. The third-order valence-electron chi connectivity index (χ3n) is 3.74. The lowest BCUT2D eigenvalue weighted by molar-refractivity contribution is 0.381. The number of hydrogen-bond donors (Lipinski definition) is 1. The average Bonchev–Trinajstić information content (AvgIpc) is 2.45. The fourth-order valence-corrected chi connectivity index (χ4v) is 4.30. The molecule has 1 N–H and O–H groups in total. The summed E-state index contributed by atoms with van der Waals surface area (Å²) in [5.74, 6) is 1.05. The standard InChI is InChI=1S/C16H24ClNS/c1-2-10-18-14-7-5-8-15(11-14)19-12-13-6-3-4-9-16(13)17/h3-4,6,9,14-15,18H,2,5,7-8,10-12H2,1H3. The Bertz CT molecular complexity index is 383. The summed E-state index contributed by atoms with van der Waals surface area (Å²) in [6.07, 6.45) is 6.62. The number of nitrogens with one attached hydrogen (secondary N) is 1. The second-order valence-electron chi connectivity index (χ2n) is 5.34. The molecule has 1 fully saturated rings. The Hall–Kier alpha value is -0.180. The molecule has 3 heteroatoms. The number of rotatable bonds is 6. The average molecular weight is 298 g/mol. The lowest BCUT2D eigenvalue weighted by Crippen LogP contribution is -2.35. The van der Waals surface area contributed by atoms with Crippen LogP contribution < -0.4 is 5.32 Å². The number of benzene rings is 1. The molecule has 0 aromatic heterocycles. The summed E-state index contributed by atoms with van der Waals surface area (Å²) in [4.78, 5) is 0. The fraction of sp³-hybridized carbons (Fsp3) is 0.625. The van der Waals surface area contributed by atoms with Crippen LogP contribution in [0.15, 0.2) is 24.3 Å². The molecule has 1 aliphatic carbocycles. The molecule has 1 aromatic rings. The minimum Gasteiger partial charge on any atom is -0.314 e. The summed E-state index contributed by atoms with van der Waals surface area (Å²) in [5, 5.41) is 5.37. The van der Waals surface area contributed by atoms with Crippen molar-refractivity contribution in [2.45, 2.75) is 56.1 Å². The van der Waals surface area contributed by atoms with E-state index in [2.05, 4.69) is 36.1 Å². The van der Waals surface area contributed by atoms with Gasteiger partial charge in [0.25, 0.3) is 0 Å². The van der Waals surface area contributed by atoms with Gasteiger partial charge in [-0.3, -0.25) is 0 Å². The molecule has 0 saturated heterocycles. The van der Waals surface area contributed by atoms with Gasteiger partial charge in [0, 0.05) is 22.1 Å². The van der Waals surface area contributed by atoms with E-state index >= 15 is 0 Å². The monoisotopic (exact) mass is 297 g/mol. The molecule has 0 amide bonds. The van der Waals surface area contributed by atoms with Gasteiger partial charge in [0.05, 0.1) is 0 Å². The molecule has 1 saturated carbocycles. The van der Waals surface area contributed by atoms with Crippen LogP contribution in [-0.4, -0.2) is 17.8 Å². The molecule has 0 spiro atoms. The van der Waals surface area contributed by atoms with E-state index in [-0.39, 0.29) is 0 Å². The molecule has 2 unspecified atom stereocenters. The second kappa shape index (κ2) is 8.18. The highest BCUT2D eigenvalue weighted by molar-refractivity contribution is 7.99. The summed E-state index contributed by atoms with van der Waals surface area (Å²) < 4.78 is 0. The van der Waals surface area contributed by atoms with Crippen LogP contribution in [0.1, 0.15) is 44.6 Å². The maximum absolute atomic E-state index is 6.21. The van der Waals surface area contributed by atoms with Crippen LogP contribution in [0.3, 0.4) is 0 Å². The van der Waals surface area contributed by atoms with Gasteiger partial charge in [-0.2, -0.15) is 11.8 Å². The summed E-state index contributed by atoms with van der Waals surface area (Å²) in [6.45, 7) is 3.39. The lowest BCUT2D eigenvalue weighted by atomic mass is 9.95. The van der Waals surface area contributed by atoms with Crippen molar-refractivity contribution in [3.8, 4) is 0 Å². The summed E-state index contributed by atoms with van der Waals surface area (Å²) in [6, 6.07) is 8.95. The largest absolute Gasteiger partial charge is 0.314 e. The van der Waals surface area contributed by atoms with Crippen molar-refractivity contribution in [3.05, 3.63) is 34.9 Å². The highest BCUT2D eigenvalue weighted by atomic mass is 35.5. The first-order valence-electron chi connectivity index (χ1n) is 7.38. The first kappa shape index (κ1) is 15.2. The van der Waals surface area contributed by atoms with Crippen molar-refractivity contribution in [2.24, 2.45) is 0 Å². The topological polar surface area (TPSA) is 12.0 Å². The molecule has 0 heterocycles. The van der Waals surface area contributed by atoms with Crippen molar-refractivity contribution in [1.82, 2.24) is 5.32 Å². The minimum atomic E-state index is 0.734. The minimum absolute atomic E-state index is 0.734. The van der Waals surface area contributed by atoms with Gasteiger partial charge in [-0.25, -0.2) is 0 Å². The molecule has 0 aliphatic heterocycles. The van der Waals surface area contributed by atoms with Crippen LogP contribution in [0.5, 0.6) is 0 Å². The van der Waals surface area contributed by atoms with Gasteiger partial charge in [-0.1, -0.05) is 43.1 Å². The number of hydrogen-bond acceptors (Lipinski definition) is 2. The van der Waals surface area contributed by atoms with Crippen LogP contribution in [0.25, 0.3) is 0 Å². The normalized spacial score (nSPS) is 23.5. The predicted octanol–water partition coefficient (Wildman–Crippen LogP) is 4.88. The highest BCUT2D eigenvalue weighted by Crippen LogP contribution is 2.32. The molecule has 0 radical (unpaired) electrons. The smallest absolute Gasteiger partial charge is 0.0446 e. The van der Waals surface area contributed by atoms with Crippen molar-refractivity contribution < 1.29 is 0 Å². The van der Waals surface area contributed by atoms with Gasteiger partial charge in [0.2, 0.25) is 0 Å². The maximum Gasteiger partial charge on any atom is 0.0446 e. The molecular weight excluding hydrogens is 274 g/mol. The van der Waals surface area contributed by atoms with Crippen molar-refractivity contribution in [1.29, 1.82) is 0 Å². The lowest BCUT2D eigenvalue weighted by Gasteiger charge is -2.29. The molecular formula is C16H24ClNS. The van der Waals surface area contributed by atoms with Crippen LogP contribution in [-0.2, 0) is 5.75 Å². The Kier molecular flexibility index (Phi) is 6.55. The van der Waals surface area contributed by atoms with E-state index in [1.54, 1.807) is 0 Å². The van der Waals surface area contributed by atoms with Gasteiger partial charge in [0.15, 0.2) is 0 Å². The third-order valence-corrected chi connectivity index (χ3v) is 5.49. The van der Waals surface area contributed by atoms with E-state index < -0.39 is 0 Å². The zero-order chi connectivity index (χ0) is 13.5. The molecule has 0 bridgehead atoms. The zero-order valence-electron chi connectivity index (χ0n) is 11.7. The SMILES string of the molecule is CCCNC1CCCC(SCc2ccccc2Cl)C1. The Morgan fingerprint density at radius 3 is 2.95 bits per heavy atom.